The van der Waals surface area contributed by atoms with Crippen molar-refractivity contribution in [2.75, 3.05) is 5.75 Å². The average Bonchev–Trinajstić information content (AvgIpc) is 2.53. The highest BCUT2D eigenvalue weighted by Crippen LogP contribution is 2.13. The van der Waals surface area contributed by atoms with Gasteiger partial charge >= 0.3 is 5.97 Å². The van der Waals surface area contributed by atoms with E-state index in [0.29, 0.717) is 0 Å². The molecule has 0 bridgehead atoms. The van der Waals surface area contributed by atoms with Gasteiger partial charge in [-0.25, -0.2) is 8.42 Å². The van der Waals surface area contributed by atoms with Gasteiger partial charge in [-0.3, -0.25) is 4.79 Å². The van der Waals surface area contributed by atoms with Crippen LogP contribution < -0.4 is 0 Å². The number of ether oxygens (including phenoxy) is 1. The average molecular weight is 332 g/mol. The number of hydrogen-bond donors (Lipinski definition) is 0. The van der Waals surface area contributed by atoms with Crippen LogP contribution in [0.5, 0.6) is 0 Å². The molecule has 2 aromatic carbocycles. The molecule has 2 aromatic rings. The van der Waals surface area contributed by atoms with Crippen molar-refractivity contribution in [1.82, 2.24) is 0 Å². The van der Waals surface area contributed by atoms with E-state index in [-0.39, 0.29) is 23.7 Å². The van der Waals surface area contributed by atoms with Gasteiger partial charge in [0.15, 0.2) is 9.84 Å². The lowest BCUT2D eigenvalue weighted by molar-refractivity contribution is -0.144. The Morgan fingerprint density at radius 3 is 2.00 bits per heavy atom. The molecule has 0 aliphatic carbocycles. The smallest absolute Gasteiger partial charge is 0.307 e. The van der Waals surface area contributed by atoms with E-state index in [9.17, 15) is 13.2 Å². The fourth-order valence-corrected chi connectivity index (χ4v) is 3.22. The number of sulfone groups is 1. The van der Waals surface area contributed by atoms with Gasteiger partial charge in [0.05, 0.1) is 17.1 Å². The van der Waals surface area contributed by atoms with Crippen LogP contribution >= 0.6 is 0 Å². The molecule has 0 amide bonds. The highest BCUT2D eigenvalue weighted by Gasteiger charge is 2.17. The van der Waals surface area contributed by atoms with Crippen molar-refractivity contribution in [3.8, 4) is 0 Å². The Morgan fingerprint density at radius 2 is 1.43 bits per heavy atom. The van der Waals surface area contributed by atoms with Crippen molar-refractivity contribution in [1.29, 1.82) is 0 Å². The molecule has 0 radical (unpaired) electrons. The van der Waals surface area contributed by atoms with Gasteiger partial charge in [0.1, 0.15) is 6.61 Å². The summed E-state index contributed by atoms with van der Waals surface area (Å²) in [6, 6.07) is 14.2. The maximum atomic E-state index is 12.2. The van der Waals surface area contributed by atoms with E-state index < -0.39 is 15.8 Å². The minimum absolute atomic E-state index is 0.151. The zero-order valence-corrected chi connectivity index (χ0v) is 14.1. The van der Waals surface area contributed by atoms with Crippen molar-refractivity contribution in [3.63, 3.8) is 0 Å². The summed E-state index contributed by atoms with van der Waals surface area (Å²) in [5.74, 6) is -0.760. The van der Waals surface area contributed by atoms with Gasteiger partial charge in [-0.15, -0.1) is 0 Å². The van der Waals surface area contributed by atoms with Crippen LogP contribution in [0.15, 0.2) is 53.4 Å². The van der Waals surface area contributed by atoms with Crippen molar-refractivity contribution >= 4 is 15.8 Å². The third-order valence-electron chi connectivity index (χ3n) is 3.48. The summed E-state index contributed by atoms with van der Waals surface area (Å²) in [5.41, 5.74) is 3.00. The lowest BCUT2D eigenvalue weighted by Crippen LogP contribution is -2.13. The second kappa shape index (κ2) is 7.42. The zero-order chi connectivity index (χ0) is 16.9. The Labute approximate surface area is 137 Å². The van der Waals surface area contributed by atoms with E-state index in [2.05, 4.69) is 0 Å². The van der Waals surface area contributed by atoms with E-state index in [0.717, 1.165) is 16.7 Å². The first-order valence-corrected chi connectivity index (χ1v) is 9.03. The molecule has 23 heavy (non-hydrogen) atoms. The predicted octanol–water partition coefficient (Wildman–Crippen LogP) is 3.21. The van der Waals surface area contributed by atoms with Crippen LogP contribution in [0.3, 0.4) is 0 Å². The van der Waals surface area contributed by atoms with Gasteiger partial charge in [-0.1, -0.05) is 47.5 Å². The minimum Gasteiger partial charge on any atom is -0.461 e. The van der Waals surface area contributed by atoms with Crippen LogP contribution in [0.2, 0.25) is 0 Å². The fraction of sp³-hybridized carbons (Fsp3) is 0.278. The molecule has 0 atom stereocenters. The summed E-state index contributed by atoms with van der Waals surface area (Å²) in [6.45, 7) is 4.02. The first kappa shape index (κ1) is 17.2. The van der Waals surface area contributed by atoms with Crippen molar-refractivity contribution < 1.29 is 17.9 Å². The van der Waals surface area contributed by atoms with Crippen LogP contribution in [0.4, 0.5) is 0 Å². The molecule has 122 valence electrons. The number of rotatable bonds is 6. The van der Waals surface area contributed by atoms with E-state index in [1.807, 2.05) is 38.1 Å². The monoisotopic (exact) mass is 332 g/mol. The van der Waals surface area contributed by atoms with E-state index >= 15 is 0 Å². The summed E-state index contributed by atoms with van der Waals surface area (Å²) >= 11 is 0. The van der Waals surface area contributed by atoms with Gasteiger partial charge < -0.3 is 4.74 Å². The van der Waals surface area contributed by atoms with Gasteiger partial charge in [0, 0.05) is 0 Å². The topological polar surface area (TPSA) is 60.4 Å². The first-order chi connectivity index (χ1) is 10.9. The van der Waals surface area contributed by atoms with Gasteiger partial charge in [-0.2, -0.15) is 0 Å². The Morgan fingerprint density at radius 1 is 0.913 bits per heavy atom. The summed E-state index contributed by atoms with van der Waals surface area (Å²) in [6.07, 6.45) is -0.151. The Kier molecular flexibility index (Phi) is 5.55. The predicted molar refractivity (Wildman–Crippen MR) is 88.8 cm³/mol. The molecule has 0 unspecified atom stereocenters. The molecular formula is C18H20O4S. The zero-order valence-electron chi connectivity index (χ0n) is 13.3. The molecule has 0 saturated heterocycles. The molecule has 0 fully saturated rings. The number of benzene rings is 2. The van der Waals surface area contributed by atoms with E-state index in [1.165, 1.54) is 0 Å². The Balaban J connectivity index is 1.86. The molecule has 5 heteroatoms. The molecule has 2 rings (SSSR count). The normalized spacial score (nSPS) is 11.2. The third kappa shape index (κ3) is 5.21. The van der Waals surface area contributed by atoms with E-state index in [1.54, 1.807) is 24.3 Å². The SMILES string of the molecule is Cc1ccc(COC(=O)CCS(=O)(=O)c2ccc(C)cc2)cc1. The minimum atomic E-state index is -3.46. The van der Waals surface area contributed by atoms with Crippen LogP contribution in [-0.2, 0) is 26.0 Å². The summed E-state index contributed by atoms with van der Waals surface area (Å²) in [7, 11) is -3.46. The molecule has 0 aromatic heterocycles. The number of carbonyl (C=O) groups excluding carboxylic acids is 1. The Bertz CT molecular complexity index is 760. The molecule has 4 nitrogen and oxygen atoms in total. The van der Waals surface area contributed by atoms with Crippen LogP contribution in [0.25, 0.3) is 0 Å². The molecule has 0 aliphatic rings. The molecule has 0 saturated carbocycles. The van der Waals surface area contributed by atoms with Crippen molar-refractivity contribution in [2.45, 2.75) is 31.8 Å². The van der Waals surface area contributed by atoms with Crippen LogP contribution in [-0.4, -0.2) is 20.1 Å². The van der Waals surface area contributed by atoms with E-state index in [4.69, 9.17) is 4.74 Å². The lowest BCUT2D eigenvalue weighted by atomic mass is 10.2. The van der Waals surface area contributed by atoms with Crippen molar-refractivity contribution in [2.24, 2.45) is 0 Å². The molecule has 0 N–H and O–H groups in total. The van der Waals surface area contributed by atoms with Crippen LogP contribution in [0.1, 0.15) is 23.1 Å². The van der Waals surface area contributed by atoms with Crippen molar-refractivity contribution in [3.05, 3.63) is 65.2 Å². The number of carbonyl (C=O) groups is 1. The first-order valence-electron chi connectivity index (χ1n) is 7.37. The van der Waals surface area contributed by atoms with Gasteiger partial charge in [-0.05, 0) is 31.5 Å². The second-order valence-electron chi connectivity index (χ2n) is 5.53. The summed E-state index contributed by atoms with van der Waals surface area (Å²) < 4.78 is 29.4. The summed E-state index contributed by atoms with van der Waals surface area (Å²) in [4.78, 5) is 12.0. The molecular weight excluding hydrogens is 312 g/mol. The van der Waals surface area contributed by atoms with Gasteiger partial charge in [0.25, 0.3) is 0 Å². The third-order valence-corrected chi connectivity index (χ3v) is 5.21. The lowest BCUT2D eigenvalue weighted by Gasteiger charge is -2.07. The van der Waals surface area contributed by atoms with Gasteiger partial charge in [0.2, 0.25) is 0 Å². The fourth-order valence-electron chi connectivity index (χ4n) is 2.00. The molecule has 0 spiro atoms. The summed E-state index contributed by atoms with van der Waals surface area (Å²) in [5, 5.41) is 0. The quantitative estimate of drug-likeness (QED) is 0.762. The number of aryl methyl sites for hydroxylation is 2. The maximum Gasteiger partial charge on any atom is 0.307 e. The number of hydrogen-bond acceptors (Lipinski definition) is 4. The maximum absolute atomic E-state index is 12.2. The largest absolute Gasteiger partial charge is 0.461 e. The second-order valence-corrected chi connectivity index (χ2v) is 7.64. The number of esters is 1. The highest BCUT2D eigenvalue weighted by molar-refractivity contribution is 7.91. The standard InChI is InChI=1S/C18H20O4S/c1-14-3-7-16(8-4-14)13-22-18(19)11-12-23(20,21)17-9-5-15(2)6-10-17/h3-10H,11-13H2,1-2H3. The molecule has 0 aliphatic heterocycles. The Hall–Kier alpha value is -2.14. The molecule has 0 heterocycles. The van der Waals surface area contributed by atoms with Crippen LogP contribution in [0, 0.1) is 13.8 Å². The highest BCUT2D eigenvalue weighted by atomic mass is 32.2.